The SMILES string of the molecule is CCc1ccc(NC(N)=NCc2ccc(N3CCSCC3)cc2)cc1. The van der Waals surface area contributed by atoms with Crippen molar-refractivity contribution in [1.82, 2.24) is 0 Å². The predicted octanol–water partition coefficient (Wildman–Crippen LogP) is 3.73. The smallest absolute Gasteiger partial charge is 0.193 e. The monoisotopic (exact) mass is 354 g/mol. The van der Waals surface area contributed by atoms with Gasteiger partial charge in [-0.2, -0.15) is 11.8 Å². The lowest BCUT2D eigenvalue weighted by molar-refractivity contribution is 0.858. The molecular formula is C20H26N4S. The summed E-state index contributed by atoms with van der Waals surface area (Å²) < 4.78 is 0. The van der Waals surface area contributed by atoms with Crippen LogP contribution < -0.4 is 16.0 Å². The van der Waals surface area contributed by atoms with Crippen LogP contribution in [-0.4, -0.2) is 30.6 Å². The zero-order valence-electron chi connectivity index (χ0n) is 14.7. The van der Waals surface area contributed by atoms with Crippen molar-refractivity contribution in [3.05, 3.63) is 59.7 Å². The molecule has 0 radical (unpaired) electrons. The summed E-state index contributed by atoms with van der Waals surface area (Å²) in [6.45, 7) is 5.00. The molecule has 0 aromatic heterocycles. The molecule has 5 heteroatoms. The van der Waals surface area contributed by atoms with E-state index >= 15 is 0 Å². The van der Waals surface area contributed by atoms with E-state index in [1.165, 1.54) is 28.3 Å². The molecule has 0 spiro atoms. The highest BCUT2D eigenvalue weighted by Gasteiger charge is 2.10. The maximum Gasteiger partial charge on any atom is 0.193 e. The summed E-state index contributed by atoms with van der Waals surface area (Å²) in [4.78, 5) is 6.88. The molecule has 0 aliphatic carbocycles. The molecule has 0 unspecified atom stereocenters. The highest BCUT2D eigenvalue weighted by Crippen LogP contribution is 2.20. The van der Waals surface area contributed by atoms with Gasteiger partial charge < -0.3 is 16.0 Å². The van der Waals surface area contributed by atoms with E-state index in [4.69, 9.17) is 5.73 Å². The van der Waals surface area contributed by atoms with Gasteiger partial charge in [0.15, 0.2) is 5.96 Å². The van der Waals surface area contributed by atoms with Gasteiger partial charge in [-0.1, -0.05) is 31.2 Å². The Hall–Kier alpha value is -2.14. The second kappa shape index (κ2) is 8.81. The van der Waals surface area contributed by atoms with Crippen molar-refractivity contribution >= 4 is 29.1 Å². The van der Waals surface area contributed by atoms with E-state index in [0.29, 0.717) is 12.5 Å². The number of aliphatic imine (C=N–C) groups is 1. The van der Waals surface area contributed by atoms with Crippen molar-refractivity contribution in [3.63, 3.8) is 0 Å². The molecule has 25 heavy (non-hydrogen) atoms. The first kappa shape index (κ1) is 17.7. The lowest BCUT2D eigenvalue weighted by Crippen LogP contribution is -2.32. The maximum absolute atomic E-state index is 6.00. The van der Waals surface area contributed by atoms with Crippen LogP contribution in [0.25, 0.3) is 0 Å². The molecule has 3 rings (SSSR count). The Balaban J connectivity index is 1.54. The average molecular weight is 355 g/mol. The number of benzene rings is 2. The predicted molar refractivity (Wildman–Crippen MR) is 111 cm³/mol. The lowest BCUT2D eigenvalue weighted by atomic mass is 10.1. The van der Waals surface area contributed by atoms with Crippen LogP contribution in [0.5, 0.6) is 0 Å². The van der Waals surface area contributed by atoms with Crippen molar-refractivity contribution in [1.29, 1.82) is 0 Å². The summed E-state index contributed by atoms with van der Waals surface area (Å²) >= 11 is 2.03. The van der Waals surface area contributed by atoms with Crippen LogP contribution in [0.4, 0.5) is 11.4 Å². The molecule has 2 aromatic rings. The lowest BCUT2D eigenvalue weighted by Gasteiger charge is -2.28. The molecule has 1 fully saturated rings. The molecule has 0 atom stereocenters. The maximum atomic E-state index is 6.00. The number of nitrogens with zero attached hydrogens (tertiary/aromatic N) is 2. The van der Waals surface area contributed by atoms with Gasteiger partial charge in [0.25, 0.3) is 0 Å². The van der Waals surface area contributed by atoms with E-state index < -0.39 is 0 Å². The van der Waals surface area contributed by atoms with Gasteiger partial charge in [0, 0.05) is 36.0 Å². The standard InChI is InChI=1S/C20H26N4S/c1-2-16-3-7-18(8-4-16)23-20(21)22-15-17-5-9-19(10-6-17)24-11-13-25-14-12-24/h3-10H,2,11-15H2,1H3,(H3,21,22,23). The first-order chi connectivity index (χ1) is 12.2. The Morgan fingerprint density at radius 3 is 2.32 bits per heavy atom. The number of rotatable bonds is 5. The Labute approximate surface area is 154 Å². The van der Waals surface area contributed by atoms with Crippen molar-refractivity contribution < 1.29 is 0 Å². The fraction of sp³-hybridized carbons (Fsp3) is 0.350. The van der Waals surface area contributed by atoms with Gasteiger partial charge in [-0.15, -0.1) is 0 Å². The highest BCUT2D eigenvalue weighted by atomic mass is 32.2. The summed E-state index contributed by atoms with van der Waals surface area (Å²) in [6.07, 6.45) is 1.04. The van der Waals surface area contributed by atoms with E-state index in [2.05, 4.69) is 58.5 Å². The van der Waals surface area contributed by atoms with E-state index in [1.54, 1.807) is 0 Å². The molecule has 1 aliphatic rings. The van der Waals surface area contributed by atoms with Crippen molar-refractivity contribution in [3.8, 4) is 0 Å². The first-order valence-electron chi connectivity index (χ1n) is 8.82. The van der Waals surface area contributed by atoms with Crippen LogP contribution in [0, 0.1) is 0 Å². The molecule has 1 heterocycles. The summed E-state index contributed by atoms with van der Waals surface area (Å²) in [6, 6.07) is 16.9. The fourth-order valence-electron chi connectivity index (χ4n) is 2.82. The first-order valence-corrected chi connectivity index (χ1v) is 9.97. The van der Waals surface area contributed by atoms with Crippen molar-refractivity contribution in [2.45, 2.75) is 19.9 Å². The molecule has 0 amide bonds. The quantitative estimate of drug-likeness (QED) is 0.634. The zero-order chi connectivity index (χ0) is 17.5. The third-order valence-corrected chi connectivity index (χ3v) is 5.32. The van der Waals surface area contributed by atoms with Gasteiger partial charge in [0.05, 0.1) is 6.54 Å². The summed E-state index contributed by atoms with van der Waals surface area (Å²) in [5.74, 6) is 2.88. The molecule has 0 saturated carbocycles. The van der Waals surface area contributed by atoms with Crippen LogP contribution in [0.1, 0.15) is 18.1 Å². The topological polar surface area (TPSA) is 53.6 Å². The molecule has 4 nitrogen and oxygen atoms in total. The number of hydrogen-bond acceptors (Lipinski definition) is 3. The highest BCUT2D eigenvalue weighted by molar-refractivity contribution is 7.99. The molecule has 1 saturated heterocycles. The largest absolute Gasteiger partial charge is 0.370 e. The number of nitrogens with one attached hydrogen (secondary N) is 1. The minimum atomic E-state index is 0.446. The number of hydrogen-bond donors (Lipinski definition) is 2. The van der Waals surface area contributed by atoms with Crippen LogP contribution in [0.15, 0.2) is 53.5 Å². The number of nitrogens with two attached hydrogens (primary N) is 1. The van der Waals surface area contributed by atoms with Gasteiger partial charge in [-0.3, -0.25) is 0 Å². The number of thioether (sulfide) groups is 1. The Morgan fingerprint density at radius 2 is 1.68 bits per heavy atom. The summed E-state index contributed by atoms with van der Waals surface area (Å²) in [7, 11) is 0. The Morgan fingerprint density at radius 1 is 1.04 bits per heavy atom. The van der Waals surface area contributed by atoms with Crippen LogP contribution in [0.2, 0.25) is 0 Å². The average Bonchev–Trinajstić information content (AvgIpc) is 2.68. The van der Waals surface area contributed by atoms with Gasteiger partial charge in [-0.25, -0.2) is 4.99 Å². The normalized spacial score (nSPS) is 15.2. The van der Waals surface area contributed by atoms with Crippen LogP contribution in [-0.2, 0) is 13.0 Å². The Bertz CT molecular complexity index is 689. The molecule has 0 bridgehead atoms. The van der Waals surface area contributed by atoms with Crippen molar-refractivity contribution in [2.24, 2.45) is 10.7 Å². The molecular weight excluding hydrogens is 328 g/mol. The van der Waals surface area contributed by atoms with E-state index in [9.17, 15) is 0 Å². The molecule has 3 N–H and O–H groups in total. The Kier molecular flexibility index (Phi) is 6.23. The second-order valence-corrected chi connectivity index (χ2v) is 7.37. The zero-order valence-corrected chi connectivity index (χ0v) is 15.6. The second-order valence-electron chi connectivity index (χ2n) is 6.14. The summed E-state index contributed by atoms with van der Waals surface area (Å²) in [5, 5.41) is 3.14. The van der Waals surface area contributed by atoms with Gasteiger partial charge in [-0.05, 0) is 41.8 Å². The molecule has 1 aliphatic heterocycles. The molecule has 2 aromatic carbocycles. The minimum absolute atomic E-state index is 0.446. The fourth-order valence-corrected chi connectivity index (χ4v) is 3.72. The molecule has 132 valence electrons. The minimum Gasteiger partial charge on any atom is -0.370 e. The number of aryl methyl sites for hydroxylation is 1. The van der Waals surface area contributed by atoms with Crippen LogP contribution >= 0.6 is 11.8 Å². The van der Waals surface area contributed by atoms with Gasteiger partial charge in [0.2, 0.25) is 0 Å². The van der Waals surface area contributed by atoms with Crippen molar-refractivity contribution in [2.75, 3.05) is 34.8 Å². The van der Waals surface area contributed by atoms with E-state index in [1.807, 2.05) is 23.9 Å². The third kappa shape index (κ3) is 5.16. The number of anilines is 2. The summed E-state index contributed by atoms with van der Waals surface area (Å²) in [5.41, 5.74) is 10.8. The third-order valence-electron chi connectivity index (χ3n) is 4.38. The van der Waals surface area contributed by atoms with Gasteiger partial charge in [0.1, 0.15) is 0 Å². The van der Waals surface area contributed by atoms with E-state index in [0.717, 1.165) is 25.2 Å². The van der Waals surface area contributed by atoms with Crippen LogP contribution in [0.3, 0.4) is 0 Å². The van der Waals surface area contributed by atoms with E-state index in [-0.39, 0.29) is 0 Å². The number of guanidine groups is 1. The van der Waals surface area contributed by atoms with Gasteiger partial charge >= 0.3 is 0 Å².